The molecule has 0 spiro atoms. The molecule has 2 rings (SSSR count). The Bertz CT molecular complexity index is 337. The Labute approximate surface area is 91.9 Å². The van der Waals surface area contributed by atoms with Gasteiger partial charge in [0, 0.05) is 25.5 Å². The van der Waals surface area contributed by atoms with Crippen molar-refractivity contribution in [1.29, 1.82) is 0 Å². The number of rotatable bonds is 2. The second-order valence-corrected chi connectivity index (χ2v) is 4.62. The number of anilines is 1. The van der Waals surface area contributed by atoms with Gasteiger partial charge in [0.25, 0.3) is 0 Å². The maximum Gasteiger partial charge on any atom is 0.0992 e. The number of β-amino-alcohol motifs (C(OH)–C–C–N with tert-alkyl or cyclic N) is 1. The van der Waals surface area contributed by atoms with Crippen molar-refractivity contribution in [2.24, 2.45) is 0 Å². The van der Waals surface area contributed by atoms with Crippen LogP contribution in [0.15, 0.2) is 22.9 Å². The summed E-state index contributed by atoms with van der Waals surface area (Å²) >= 11 is 3.45. The zero-order valence-corrected chi connectivity index (χ0v) is 9.66. The lowest BCUT2D eigenvalue weighted by atomic mass is 9.91. The van der Waals surface area contributed by atoms with Gasteiger partial charge in [0.2, 0.25) is 0 Å². The van der Waals surface area contributed by atoms with Crippen LogP contribution in [0.2, 0.25) is 0 Å². The maximum absolute atomic E-state index is 9.87. The molecule has 1 aromatic rings. The third kappa shape index (κ3) is 1.64. The highest BCUT2D eigenvalue weighted by Gasteiger charge is 2.39. The van der Waals surface area contributed by atoms with Crippen LogP contribution < -0.4 is 4.90 Å². The summed E-state index contributed by atoms with van der Waals surface area (Å²) < 4.78 is 0.984. The Morgan fingerprint density at radius 2 is 2.36 bits per heavy atom. The van der Waals surface area contributed by atoms with Gasteiger partial charge in [-0.1, -0.05) is 6.92 Å². The first kappa shape index (κ1) is 9.93. The van der Waals surface area contributed by atoms with E-state index in [0.29, 0.717) is 13.1 Å². The largest absolute Gasteiger partial charge is 0.386 e. The summed E-state index contributed by atoms with van der Waals surface area (Å²) in [5.41, 5.74) is 0.626. The third-order valence-electron chi connectivity index (χ3n) is 2.72. The maximum atomic E-state index is 9.87. The van der Waals surface area contributed by atoms with Crippen molar-refractivity contribution in [1.82, 2.24) is 4.98 Å². The second-order valence-electron chi connectivity index (χ2n) is 3.76. The summed E-state index contributed by atoms with van der Waals surface area (Å²) in [6, 6.07) is 1.96. The van der Waals surface area contributed by atoms with Crippen LogP contribution in [0, 0.1) is 0 Å². The Kier molecular flexibility index (Phi) is 2.49. The van der Waals surface area contributed by atoms with Crippen molar-refractivity contribution >= 4 is 21.6 Å². The number of hydrogen-bond donors (Lipinski definition) is 1. The van der Waals surface area contributed by atoms with Crippen molar-refractivity contribution in [2.45, 2.75) is 18.9 Å². The van der Waals surface area contributed by atoms with Crippen LogP contribution in [0.4, 0.5) is 5.69 Å². The minimum absolute atomic E-state index is 0.483. The van der Waals surface area contributed by atoms with Crippen LogP contribution in [0.1, 0.15) is 13.3 Å². The number of aliphatic hydroxyl groups is 1. The monoisotopic (exact) mass is 256 g/mol. The summed E-state index contributed by atoms with van der Waals surface area (Å²) in [6.45, 7) is 3.44. The first-order chi connectivity index (χ1) is 6.64. The number of halogens is 1. The lowest BCUT2D eigenvalue weighted by molar-refractivity contribution is 0.00845. The highest BCUT2D eigenvalue weighted by Crippen LogP contribution is 2.33. The lowest BCUT2D eigenvalue weighted by Gasteiger charge is -2.47. The molecule has 3 nitrogen and oxygen atoms in total. The van der Waals surface area contributed by atoms with Crippen molar-refractivity contribution in [3.05, 3.63) is 22.9 Å². The SMILES string of the molecule is CCC1(O)CN(c2ccncc2Br)C1. The normalized spacial score (nSPS) is 19.2. The van der Waals surface area contributed by atoms with Gasteiger partial charge in [-0.05, 0) is 28.4 Å². The standard InChI is InChI=1S/C10H13BrN2O/c1-2-10(14)6-13(7-10)9-3-4-12-5-8(9)11/h3-5,14H,2,6-7H2,1H3. The molecule has 4 heteroatoms. The number of pyridine rings is 1. The van der Waals surface area contributed by atoms with Gasteiger partial charge < -0.3 is 10.0 Å². The highest BCUT2D eigenvalue weighted by atomic mass is 79.9. The van der Waals surface area contributed by atoms with Crippen LogP contribution in [0.5, 0.6) is 0 Å². The first-order valence-corrected chi connectivity index (χ1v) is 5.51. The van der Waals surface area contributed by atoms with Gasteiger partial charge in [-0.2, -0.15) is 0 Å². The molecular weight excluding hydrogens is 244 g/mol. The zero-order chi connectivity index (χ0) is 10.2. The molecule has 1 aromatic heterocycles. The molecule has 0 bridgehead atoms. The van der Waals surface area contributed by atoms with Crippen molar-refractivity contribution in [2.75, 3.05) is 18.0 Å². The smallest absolute Gasteiger partial charge is 0.0992 e. The molecule has 14 heavy (non-hydrogen) atoms. The molecule has 76 valence electrons. The fourth-order valence-electron chi connectivity index (χ4n) is 1.68. The van der Waals surface area contributed by atoms with Crippen molar-refractivity contribution in [3.63, 3.8) is 0 Å². The molecule has 0 aromatic carbocycles. The van der Waals surface area contributed by atoms with E-state index in [1.54, 1.807) is 12.4 Å². The highest BCUT2D eigenvalue weighted by molar-refractivity contribution is 9.10. The summed E-state index contributed by atoms with van der Waals surface area (Å²) in [7, 11) is 0. The molecule has 0 aliphatic carbocycles. The topological polar surface area (TPSA) is 36.4 Å². The summed E-state index contributed by atoms with van der Waals surface area (Å²) in [5, 5.41) is 9.87. The molecular formula is C10H13BrN2O. The second kappa shape index (κ2) is 3.51. The molecule has 1 aliphatic rings. The van der Waals surface area contributed by atoms with Crippen molar-refractivity contribution < 1.29 is 5.11 Å². The minimum atomic E-state index is -0.483. The zero-order valence-electron chi connectivity index (χ0n) is 8.07. The average Bonchev–Trinajstić information content (AvgIpc) is 2.14. The summed E-state index contributed by atoms with van der Waals surface area (Å²) in [6.07, 6.45) is 4.36. The van der Waals surface area contributed by atoms with Gasteiger partial charge >= 0.3 is 0 Å². The van der Waals surface area contributed by atoms with Crippen LogP contribution in [0.3, 0.4) is 0 Å². The summed E-state index contributed by atoms with van der Waals surface area (Å²) in [4.78, 5) is 6.15. The Hall–Kier alpha value is -0.610. The van der Waals surface area contributed by atoms with E-state index in [0.717, 1.165) is 16.6 Å². The van der Waals surface area contributed by atoms with Gasteiger partial charge in [-0.25, -0.2) is 0 Å². The van der Waals surface area contributed by atoms with E-state index in [2.05, 4.69) is 25.8 Å². The minimum Gasteiger partial charge on any atom is -0.386 e. The van der Waals surface area contributed by atoms with E-state index in [9.17, 15) is 5.11 Å². The molecule has 0 unspecified atom stereocenters. The third-order valence-corrected chi connectivity index (χ3v) is 3.33. The van der Waals surface area contributed by atoms with Gasteiger partial charge in [-0.15, -0.1) is 0 Å². The molecule has 2 heterocycles. The van der Waals surface area contributed by atoms with Crippen LogP contribution in [-0.4, -0.2) is 28.8 Å². The molecule has 1 fully saturated rings. The van der Waals surface area contributed by atoms with E-state index in [1.165, 1.54) is 0 Å². The van der Waals surface area contributed by atoms with Crippen LogP contribution in [0.25, 0.3) is 0 Å². The van der Waals surface area contributed by atoms with E-state index in [-0.39, 0.29) is 0 Å². The Morgan fingerprint density at radius 1 is 1.64 bits per heavy atom. The predicted molar refractivity (Wildman–Crippen MR) is 59.4 cm³/mol. The molecule has 0 amide bonds. The number of hydrogen-bond acceptors (Lipinski definition) is 3. The fourth-order valence-corrected chi connectivity index (χ4v) is 2.18. The summed E-state index contributed by atoms with van der Waals surface area (Å²) in [5.74, 6) is 0. The van der Waals surface area contributed by atoms with Crippen molar-refractivity contribution in [3.8, 4) is 0 Å². The van der Waals surface area contributed by atoms with Gasteiger partial charge in [0.1, 0.15) is 0 Å². The van der Waals surface area contributed by atoms with E-state index in [1.807, 2.05) is 13.0 Å². The molecule has 0 radical (unpaired) electrons. The molecule has 1 N–H and O–H groups in total. The van der Waals surface area contributed by atoms with Gasteiger partial charge in [0.05, 0.1) is 15.8 Å². The number of aromatic nitrogens is 1. The van der Waals surface area contributed by atoms with E-state index < -0.39 is 5.60 Å². The van der Waals surface area contributed by atoms with E-state index in [4.69, 9.17) is 0 Å². The van der Waals surface area contributed by atoms with Crippen LogP contribution in [-0.2, 0) is 0 Å². The molecule has 0 atom stereocenters. The number of nitrogens with zero attached hydrogens (tertiary/aromatic N) is 2. The molecule has 0 saturated carbocycles. The molecule has 1 aliphatic heterocycles. The van der Waals surface area contributed by atoms with E-state index >= 15 is 0 Å². The fraction of sp³-hybridized carbons (Fsp3) is 0.500. The van der Waals surface area contributed by atoms with Gasteiger partial charge in [-0.3, -0.25) is 4.98 Å². The predicted octanol–water partition coefficient (Wildman–Crippen LogP) is 1.81. The molecule has 1 saturated heterocycles. The average molecular weight is 257 g/mol. The quantitative estimate of drug-likeness (QED) is 0.877. The first-order valence-electron chi connectivity index (χ1n) is 4.71. The Morgan fingerprint density at radius 3 is 2.93 bits per heavy atom. The Balaban J connectivity index is 2.10. The lowest BCUT2D eigenvalue weighted by Crippen LogP contribution is -2.61. The van der Waals surface area contributed by atoms with Gasteiger partial charge in [0.15, 0.2) is 0 Å². The van der Waals surface area contributed by atoms with Crippen LogP contribution >= 0.6 is 15.9 Å².